The zero-order valence-corrected chi connectivity index (χ0v) is 14.7. The Morgan fingerprint density at radius 1 is 0.923 bits per heavy atom. The minimum Gasteiger partial charge on any atom is -0.465 e. The zero-order chi connectivity index (χ0) is 19.1. The predicted octanol–water partition coefficient (Wildman–Crippen LogP) is 3.30. The van der Waals surface area contributed by atoms with E-state index in [0.29, 0.717) is 5.57 Å². The summed E-state index contributed by atoms with van der Waals surface area (Å²) in [5, 5.41) is 2.65. The normalized spacial score (nSPS) is 10.8. The molecule has 0 aromatic heterocycles. The van der Waals surface area contributed by atoms with Crippen LogP contribution in [0.3, 0.4) is 0 Å². The van der Waals surface area contributed by atoms with E-state index in [-0.39, 0.29) is 16.8 Å². The van der Waals surface area contributed by atoms with E-state index < -0.39 is 17.8 Å². The van der Waals surface area contributed by atoms with Gasteiger partial charge >= 0.3 is 11.9 Å². The number of ether oxygens (including phenoxy) is 2. The highest BCUT2D eigenvalue weighted by Crippen LogP contribution is 2.21. The van der Waals surface area contributed by atoms with Crippen LogP contribution in [0, 0.1) is 0 Å². The number of carbonyl (C=O) groups excluding carboxylic acids is 3. The second-order valence-corrected chi connectivity index (χ2v) is 5.44. The number of hydrogen-bond acceptors (Lipinski definition) is 5. The van der Waals surface area contributed by atoms with Crippen LogP contribution in [0.1, 0.15) is 33.2 Å². The molecule has 2 rings (SSSR count). The molecule has 0 atom stereocenters. The number of anilines is 1. The zero-order valence-electron chi connectivity index (χ0n) is 14.7. The number of benzene rings is 2. The third-order valence-corrected chi connectivity index (χ3v) is 3.64. The van der Waals surface area contributed by atoms with Gasteiger partial charge in [0.1, 0.15) is 0 Å². The summed E-state index contributed by atoms with van der Waals surface area (Å²) in [5.41, 5.74) is 1.83. The van der Waals surface area contributed by atoms with Gasteiger partial charge in [0.25, 0.3) is 5.91 Å². The fourth-order valence-electron chi connectivity index (χ4n) is 2.27. The van der Waals surface area contributed by atoms with Crippen molar-refractivity contribution in [3.05, 3.63) is 70.8 Å². The Kier molecular flexibility index (Phi) is 6.27. The van der Waals surface area contributed by atoms with Crippen molar-refractivity contribution in [1.82, 2.24) is 0 Å². The van der Waals surface area contributed by atoms with Gasteiger partial charge in [-0.15, -0.1) is 0 Å². The van der Waals surface area contributed by atoms with Gasteiger partial charge in [-0.1, -0.05) is 30.3 Å². The second-order valence-electron chi connectivity index (χ2n) is 5.44. The first-order valence-electron chi connectivity index (χ1n) is 7.81. The predicted molar refractivity (Wildman–Crippen MR) is 97.8 cm³/mol. The smallest absolute Gasteiger partial charge is 0.339 e. The molecule has 0 spiro atoms. The van der Waals surface area contributed by atoms with Crippen LogP contribution in [-0.4, -0.2) is 32.1 Å². The largest absolute Gasteiger partial charge is 0.465 e. The molecule has 0 saturated heterocycles. The fraction of sp³-hybridized carbons (Fsp3) is 0.150. The Morgan fingerprint density at radius 3 is 2.19 bits per heavy atom. The highest BCUT2D eigenvalue weighted by molar-refractivity contribution is 6.10. The Labute approximate surface area is 151 Å². The Bertz CT molecular complexity index is 856. The van der Waals surface area contributed by atoms with Crippen molar-refractivity contribution in [1.29, 1.82) is 0 Å². The average molecular weight is 353 g/mol. The van der Waals surface area contributed by atoms with Crippen molar-refractivity contribution < 1.29 is 23.9 Å². The van der Waals surface area contributed by atoms with Gasteiger partial charge in [0, 0.05) is 5.57 Å². The lowest BCUT2D eigenvalue weighted by Gasteiger charge is -2.11. The standard InChI is InChI=1S/C20H19NO5/c1-13(11-14-7-5-4-6-8-14)18(22)21-17-12-15(19(23)25-2)9-10-16(17)20(24)26-3/h4-12H,1-3H3,(H,21,22)/b13-11-. The Balaban J connectivity index is 2.33. The first-order valence-corrected chi connectivity index (χ1v) is 7.81. The monoisotopic (exact) mass is 353 g/mol. The first kappa shape index (κ1) is 18.9. The van der Waals surface area contributed by atoms with Crippen molar-refractivity contribution in [3.63, 3.8) is 0 Å². The summed E-state index contributed by atoms with van der Waals surface area (Å²) in [6.45, 7) is 1.66. The average Bonchev–Trinajstić information content (AvgIpc) is 2.67. The van der Waals surface area contributed by atoms with Crippen molar-refractivity contribution in [2.75, 3.05) is 19.5 Å². The topological polar surface area (TPSA) is 81.7 Å². The van der Waals surface area contributed by atoms with Gasteiger partial charge in [0.2, 0.25) is 0 Å². The summed E-state index contributed by atoms with van der Waals surface area (Å²) < 4.78 is 9.39. The summed E-state index contributed by atoms with van der Waals surface area (Å²) >= 11 is 0. The molecule has 1 N–H and O–H groups in total. The highest BCUT2D eigenvalue weighted by Gasteiger charge is 2.17. The van der Waals surface area contributed by atoms with E-state index >= 15 is 0 Å². The molecular weight excluding hydrogens is 334 g/mol. The summed E-state index contributed by atoms with van der Waals surface area (Å²) in [6, 6.07) is 13.6. The lowest BCUT2D eigenvalue weighted by molar-refractivity contribution is -0.112. The van der Waals surface area contributed by atoms with Crippen molar-refractivity contribution in [2.45, 2.75) is 6.92 Å². The van der Waals surface area contributed by atoms with E-state index in [4.69, 9.17) is 4.74 Å². The van der Waals surface area contributed by atoms with Crippen LogP contribution in [-0.2, 0) is 14.3 Å². The minimum atomic E-state index is -0.624. The number of carbonyl (C=O) groups is 3. The van der Waals surface area contributed by atoms with E-state index in [1.165, 1.54) is 32.4 Å². The van der Waals surface area contributed by atoms with E-state index in [1.807, 2.05) is 30.3 Å². The number of hydrogen-bond donors (Lipinski definition) is 1. The number of rotatable bonds is 5. The molecule has 0 heterocycles. The van der Waals surface area contributed by atoms with Gasteiger partial charge in [-0.05, 0) is 36.8 Å². The molecule has 0 aliphatic carbocycles. The molecule has 6 nitrogen and oxygen atoms in total. The van der Waals surface area contributed by atoms with Crippen molar-refractivity contribution >= 4 is 29.6 Å². The summed E-state index contributed by atoms with van der Waals surface area (Å²) in [4.78, 5) is 36.1. The molecule has 0 aliphatic rings. The fourth-order valence-corrected chi connectivity index (χ4v) is 2.27. The third kappa shape index (κ3) is 4.57. The van der Waals surface area contributed by atoms with Crippen LogP contribution in [0.4, 0.5) is 5.69 Å². The molecule has 0 radical (unpaired) electrons. The molecule has 0 bridgehead atoms. The molecular formula is C20H19NO5. The summed E-state index contributed by atoms with van der Waals surface area (Å²) in [5.74, 6) is -1.60. The number of amides is 1. The van der Waals surface area contributed by atoms with E-state index in [1.54, 1.807) is 13.0 Å². The minimum absolute atomic E-state index is 0.140. The van der Waals surface area contributed by atoms with E-state index in [0.717, 1.165) is 5.56 Å². The van der Waals surface area contributed by atoms with Crippen molar-refractivity contribution in [3.8, 4) is 0 Å². The van der Waals surface area contributed by atoms with Crippen LogP contribution >= 0.6 is 0 Å². The maximum atomic E-state index is 12.5. The van der Waals surface area contributed by atoms with E-state index in [9.17, 15) is 14.4 Å². The van der Waals surface area contributed by atoms with E-state index in [2.05, 4.69) is 10.1 Å². The molecule has 26 heavy (non-hydrogen) atoms. The lowest BCUT2D eigenvalue weighted by atomic mass is 10.1. The van der Waals surface area contributed by atoms with Gasteiger partial charge in [-0.25, -0.2) is 9.59 Å². The summed E-state index contributed by atoms with van der Waals surface area (Å²) in [7, 11) is 2.49. The SMILES string of the molecule is COC(=O)c1ccc(C(=O)OC)c(NC(=O)/C(C)=C\c2ccccc2)c1. The first-order chi connectivity index (χ1) is 12.5. The number of nitrogens with one attached hydrogen (secondary N) is 1. The van der Waals surface area contributed by atoms with Gasteiger partial charge in [-0.3, -0.25) is 4.79 Å². The maximum Gasteiger partial charge on any atom is 0.339 e. The molecule has 0 aliphatic heterocycles. The van der Waals surface area contributed by atoms with Gasteiger partial charge in [0.05, 0.1) is 31.0 Å². The summed E-state index contributed by atoms with van der Waals surface area (Å²) in [6.07, 6.45) is 1.72. The molecule has 6 heteroatoms. The van der Waals surface area contributed by atoms with Crippen LogP contribution < -0.4 is 5.32 Å². The number of methoxy groups -OCH3 is 2. The van der Waals surface area contributed by atoms with Gasteiger partial charge in [-0.2, -0.15) is 0 Å². The lowest BCUT2D eigenvalue weighted by Crippen LogP contribution is -2.17. The molecule has 0 unspecified atom stereocenters. The van der Waals surface area contributed by atoms with Gasteiger partial charge in [0.15, 0.2) is 0 Å². The quantitative estimate of drug-likeness (QED) is 0.659. The molecule has 2 aromatic rings. The van der Waals surface area contributed by atoms with Crippen LogP contribution in [0.2, 0.25) is 0 Å². The van der Waals surface area contributed by atoms with Gasteiger partial charge < -0.3 is 14.8 Å². The number of esters is 2. The van der Waals surface area contributed by atoms with Crippen LogP contribution in [0.15, 0.2) is 54.1 Å². The van der Waals surface area contributed by atoms with Crippen LogP contribution in [0.25, 0.3) is 6.08 Å². The Hall–Kier alpha value is -3.41. The molecule has 2 aromatic carbocycles. The molecule has 0 saturated carbocycles. The second kappa shape index (κ2) is 8.62. The molecule has 134 valence electrons. The third-order valence-electron chi connectivity index (χ3n) is 3.64. The highest BCUT2D eigenvalue weighted by atomic mass is 16.5. The molecule has 1 amide bonds. The Morgan fingerprint density at radius 2 is 1.58 bits per heavy atom. The maximum absolute atomic E-state index is 12.5. The van der Waals surface area contributed by atoms with Crippen LogP contribution in [0.5, 0.6) is 0 Å². The van der Waals surface area contributed by atoms with Crippen molar-refractivity contribution in [2.24, 2.45) is 0 Å². The molecule has 0 fully saturated rings.